The number of carboxylic acids is 1. The van der Waals surface area contributed by atoms with Gasteiger partial charge in [-0.2, -0.15) is 0 Å². The van der Waals surface area contributed by atoms with Gasteiger partial charge in [0.2, 0.25) is 0 Å². The van der Waals surface area contributed by atoms with Crippen molar-refractivity contribution < 1.29 is 20.1 Å². The predicted molar refractivity (Wildman–Crippen MR) is 62.4 cm³/mol. The molecule has 0 fully saturated rings. The molecule has 0 bridgehead atoms. The number of aliphatic hydroxyl groups is 2. The highest BCUT2D eigenvalue weighted by atomic mass is 79.9. The van der Waals surface area contributed by atoms with Gasteiger partial charge in [0, 0.05) is 9.50 Å². The van der Waals surface area contributed by atoms with Crippen molar-refractivity contribution in [2.24, 2.45) is 0 Å². The Morgan fingerprint density at radius 1 is 1.44 bits per heavy atom. The zero-order valence-corrected chi connectivity index (χ0v) is 10.4. The van der Waals surface area contributed by atoms with Crippen molar-refractivity contribution in [3.05, 3.63) is 33.3 Å². The lowest BCUT2D eigenvalue weighted by Gasteiger charge is -2.18. The van der Waals surface area contributed by atoms with Crippen LogP contribution < -0.4 is 0 Å². The van der Waals surface area contributed by atoms with Crippen molar-refractivity contribution in [1.29, 1.82) is 0 Å². The van der Waals surface area contributed by atoms with E-state index >= 15 is 0 Å². The minimum Gasteiger partial charge on any atom is -0.481 e. The Morgan fingerprint density at radius 3 is 2.62 bits per heavy atom. The molecule has 16 heavy (non-hydrogen) atoms. The first-order chi connectivity index (χ1) is 7.41. The summed E-state index contributed by atoms with van der Waals surface area (Å²) in [6, 6.07) is 4.71. The maximum Gasteiger partial charge on any atom is 0.306 e. The van der Waals surface area contributed by atoms with Gasteiger partial charge in [-0.05, 0) is 23.8 Å². The third-order valence-corrected chi connectivity index (χ3v) is 2.98. The Morgan fingerprint density at radius 2 is 2.06 bits per heavy atom. The number of carbonyl (C=O) groups is 1. The number of carboxylic acid groups (broad SMARTS) is 1. The first-order valence-electron chi connectivity index (χ1n) is 4.44. The van der Waals surface area contributed by atoms with Gasteiger partial charge >= 0.3 is 5.97 Å². The summed E-state index contributed by atoms with van der Waals surface area (Å²) in [6.45, 7) is 0. The second-order valence-corrected chi connectivity index (χ2v) is 4.57. The molecule has 0 aliphatic heterocycles. The Kier molecular flexibility index (Phi) is 4.73. The summed E-state index contributed by atoms with van der Waals surface area (Å²) < 4.78 is 0.564. The van der Waals surface area contributed by atoms with E-state index in [9.17, 15) is 15.0 Å². The second kappa shape index (κ2) is 5.63. The van der Waals surface area contributed by atoms with Crippen molar-refractivity contribution >= 4 is 33.5 Å². The molecule has 1 aromatic rings. The van der Waals surface area contributed by atoms with Gasteiger partial charge in [0.1, 0.15) is 6.10 Å². The molecule has 0 aliphatic rings. The first-order valence-corrected chi connectivity index (χ1v) is 5.61. The van der Waals surface area contributed by atoms with Crippen LogP contribution in [0.5, 0.6) is 0 Å². The van der Waals surface area contributed by atoms with Gasteiger partial charge in [0.05, 0.1) is 12.5 Å². The van der Waals surface area contributed by atoms with Gasteiger partial charge in [0.25, 0.3) is 0 Å². The standard InChI is InChI=1S/C10H10BrClO4/c11-7-2-1-5(12)3-6(7)10(16)8(13)4-9(14)15/h1-3,8,10,13,16H,4H2,(H,14,15). The second-order valence-electron chi connectivity index (χ2n) is 3.28. The largest absolute Gasteiger partial charge is 0.481 e. The van der Waals surface area contributed by atoms with E-state index in [0.717, 1.165) is 0 Å². The molecule has 1 rings (SSSR count). The fourth-order valence-corrected chi connectivity index (χ4v) is 1.90. The third-order valence-electron chi connectivity index (χ3n) is 2.02. The van der Waals surface area contributed by atoms with Crippen LogP contribution in [-0.2, 0) is 4.79 Å². The van der Waals surface area contributed by atoms with E-state index in [-0.39, 0.29) is 0 Å². The van der Waals surface area contributed by atoms with Crippen LogP contribution in [0.1, 0.15) is 18.1 Å². The van der Waals surface area contributed by atoms with Crippen molar-refractivity contribution in [1.82, 2.24) is 0 Å². The van der Waals surface area contributed by atoms with Crippen molar-refractivity contribution in [2.45, 2.75) is 18.6 Å². The molecule has 0 aliphatic carbocycles. The fraction of sp³-hybridized carbons (Fsp3) is 0.300. The summed E-state index contributed by atoms with van der Waals surface area (Å²) in [4.78, 5) is 10.4. The molecule has 0 spiro atoms. The minimum absolute atomic E-state index is 0.362. The molecule has 1 aromatic carbocycles. The zero-order chi connectivity index (χ0) is 12.3. The number of hydrogen-bond acceptors (Lipinski definition) is 3. The van der Waals surface area contributed by atoms with Gasteiger partial charge in [-0.15, -0.1) is 0 Å². The van der Waals surface area contributed by atoms with Crippen molar-refractivity contribution in [2.75, 3.05) is 0 Å². The molecule has 88 valence electrons. The number of benzene rings is 1. The molecule has 6 heteroatoms. The van der Waals surface area contributed by atoms with E-state index in [1.54, 1.807) is 12.1 Å². The third kappa shape index (κ3) is 3.45. The Balaban J connectivity index is 2.90. The number of aliphatic carboxylic acids is 1. The van der Waals surface area contributed by atoms with Gasteiger partial charge < -0.3 is 15.3 Å². The highest BCUT2D eigenvalue weighted by Crippen LogP contribution is 2.29. The van der Waals surface area contributed by atoms with Crippen LogP contribution >= 0.6 is 27.5 Å². The van der Waals surface area contributed by atoms with Crippen LogP contribution in [0.4, 0.5) is 0 Å². The Labute approximate surface area is 106 Å². The van der Waals surface area contributed by atoms with E-state index < -0.39 is 24.6 Å². The molecule has 2 atom stereocenters. The van der Waals surface area contributed by atoms with Crippen LogP contribution in [0.2, 0.25) is 5.02 Å². The van der Waals surface area contributed by atoms with Gasteiger partial charge in [-0.3, -0.25) is 4.79 Å². The maximum absolute atomic E-state index is 10.4. The van der Waals surface area contributed by atoms with E-state index in [1.165, 1.54) is 6.07 Å². The summed E-state index contributed by atoms with van der Waals surface area (Å²) in [5.74, 6) is -1.18. The van der Waals surface area contributed by atoms with E-state index in [2.05, 4.69) is 15.9 Å². The minimum atomic E-state index is -1.37. The molecule has 0 heterocycles. The highest BCUT2D eigenvalue weighted by Gasteiger charge is 2.23. The first kappa shape index (κ1) is 13.4. The average Bonchev–Trinajstić information content (AvgIpc) is 2.19. The van der Waals surface area contributed by atoms with Crippen LogP contribution in [0, 0.1) is 0 Å². The van der Waals surface area contributed by atoms with E-state index in [4.69, 9.17) is 16.7 Å². The smallest absolute Gasteiger partial charge is 0.306 e. The van der Waals surface area contributed by atoms with E-state index in [0.29, 0.717) is 15.1 Å². The van der Waals surface area contributed by atoms with Gasteiger partial charge in [0.15, 0.2) is 0 Å². The van der Waals surface area contributed by atoms with Crippen LogP contribution in [-0.4, -0.2) is 27.4 Å². The lowest BCUT2D eigenvalue weighted by atomic mass is 10.0. The highest BCUT2D eigenvalue weighted by molar-refractivity contribution is 9.10. The molecule has 0 radical (unpaired) electrons. The fourth-order valence-electron chi connectivity index (χ4n) is 1.24. The SMILES string of the molecule is O=C(O)CC(O)C(O)c1cc(Cl)ccc1Br. The van der Waals surface area contributed by atoms with Crippen LogP contribution in [0.25, 0.3) is 0 Å². The summed E-state index contributed by atoms with van der Waals surface area (Å²) >= 11 is 8.93. The molecule has 0 saturated carbocycles. The lowest BCUT2D eigenvalue weighted by molar-refractivity contribution is -0.141. The monoisotopic (exact) mass is 308 g/mol. The summed E-state index contributed by atoms with van der Waals surface area (Å²) in [7, 11) is 0. The Bertz CT molecular complexity index is 396. The molecule has 0 saturated heterocycles. The van der Waals surface area contributed by atoms with Crippen LogP contribution in [0.15, 0.2) is 22.7 Å². The number of halogens is 2. The summed E-state index contributed by atoms with van der Waals surface area (Å²) in [6.07, 6.45) is -3.18. The van der Waals surface area contributed by atoms with E-state index in [1.807, 2.05) is 0 Å². The maximum atomic E-state index is 10.4. The summed E-state index contributed by atoms with van der Waals surface area (Å²) in [5.41, 5.74) is 0.362. The topological polar surface area (TPSA) is 77.8 Å². The van der Waals surface area contributed by atoms with Gasteiger partial charge in [-0.25, -0.2) is 0 Å². The normalized spacial score (nSPS) is 14.5. The van der Waals surface area contributed by atoms with Gasteiger partial charge in [-0.1, -0.05) is 27.5 Å². The lowest BCUT2D eigenvalue weighted by Crippen LogP contribution is -2.22. The molecule has 3 N–H and O–H groups in total. The quantitative estimate of drug-likeness (QED) is 0.794. The van der Waals surface area contributed by atoms with Crippen molar-refractivity contribution in [3.8, 4) is 0 Å². The molecule has 4 nitrogen and oxygen atoms in total. The average molecular weight is 310 g/mol. The number of hydrogen-bond donors (Lipinski definition) is 3. The summed E-state index contributed by atoms with van der Waals surface area (Å²) in [5, 5.41) is 28.1. The number of aliphatic hydroxyl groups excluding tert-OH is 2. The molecule has 0 amide bonds. The molecular weight excluding hydrogens is 299 g/mol. The van der Waals surface area contributed by atoms with Crippen molar-refractivity contribution in [3.63, 3.8) is 0 Å². The molecule has 0 aromatic heterocycles. The molecule has 2 unspecified atom stereocenters. The predicted octanol–water partition coefficient (Wildman–Crippen LogP) is 1.97. The zero-order valence-electron chi connectivity index (χ0n) is 8.10. The molecular formula is C10H10BrClO4. The van der Waals surface area contributed by atoms with Crippen LogP contribution in [0.3, 0.4) is 0 Å². The number of rotatable bonds is 4. The Hall–Kier alpha value is -0.620.